The molecule has 1 unspecified atom stereocenters. The number of fused-ring (bicyclic) bond motifs is 1. The molecular formula is C16H16N2. The van der Waals surface area contributed by atoms with E-state index in [1.54, 1.807) is 0 Å². The van der Waals surface area contributed by atoms with Crippen LogP contribution in [-0.4, -0.2) is 9.55 Å². The summed E-state index contributed by atoms with van der Waals surface area (Å²) in [7, 11) is 0. The molecule has 0 aliphatic rings. The molecule has 0 spiro atoms. The molecule has 0 fully saturated rings. The van der Waals surface area contributed by atoms with Crippen molar-refractivity contribution in [2.45, 2.75) is 19.4 Å². The highest BCUT2D eigenvalue weighted by molar-refractivity contribution is 5.75. The molecule has 3 rings (SSSR count). The zero-order valence-corrected chi connectivity index (χ0v) is 10.5. The van der Waals surface area contributed by atoms with Gasteiger partial charge in [-0.1, -0.05) is 42.5 Å². The maximum atomic E-state index is 4.44. The normalized spacial score (nSPS) is 12.7. The highest BCUT2D eigenvalue weighted by Gasteiger charge is 2.09. The minimum absolute atomic E-state index is 0.416. The summed E-state index contributed by atoms with van der Waals surface area (Å²) in [6.45, 7) is 2.24. The lowest BCUT2D eigenvalue weighted by Gasteiger charge is -2.14. The zero-order chi connectivity index (χ0) is 12.4. The first kappa shape index (κ1) is 11.0. The van der Waals surface area contributed by atoms with E-state index in [0.29, 0.717) is 6.04 Å². The topological polar surface area (TPSA) is 17.8 Å². The van der Waals surface area contributed by atoms with Gasteiger partial charge in [0.05, 0.1) is 17.4 Å². The fraction of sp³-hybridized carbons (Fsp3) is 0.188. The van der Waals surface area contributed by atoms with Crippen molar-refractivity contribution in [3.8, 4) is 0 Å². The van der Waals surface area contributed by atoms with Gasteiger partial charge in [0.15, 0.2) is 0 Å². The summed E-state index contributed by atoms with van der Waals surface area (Å²) in [6.07, 6.45) is 2.97. The van der Waals surface area contributed by atoms with E-state index in [9.17, 15) is 0 Å². The lowest BCUT2D eigenvalue weighted by Crippen LogP contribution is -2.06. The number of rotatable bonds is 3. The Morgan fingerprint density at radius 3 is 2.56 bits per heavy atom. The Morgan fingerprint density at radius 1 is 1.00 bits per heavy atom. The van der Waals surface area contributed by atoms with E-state index >= 15 is 0 Å². The molecule has 3 aromatic rings. The van der Waals surface area contributed by atoms with Crippen molar-refractivity contribution in [1.82, 2.24) is 9.55 Å². The summed E-state index contributed by atoms with van der Waals surface area (Å²) in [5.41, 5.74) is 3.64. The standard InChI is InChI=1S/C16H16N2/c1-13(11-14-7-3-2-4-8-14)18-12-17-15-9-5-6-10-16(15)18/h2-10,12-13H,11H2,1H3. The van der Waals surface area contributed by atoms with Gasteiger partial charge in [-0.05, 0) is 31.0 Å². The maximum absolute atomic E-state index is 4.44. The summed E-state index contributed by atoms with van der Waals surface area (Å²) in [4.78, 5) is 4.44. The Balaban J connectivity index is 1.90. The molecule has 0 N–H and O–H groups in total. The van der Waals surface area contributed by atoms with E-state index in [1.165, 1.54) is 11.1 Å². The van der Waals surface area contributed by atoms with E-state index in [0.717, 1.165) is 11.9 Å². The predicted molar refractivity (Wildman–Crippen MR) is 74.6 cm³/mol. The maximum Gasteiger partial charge on any atom is 0.0960 e. The molecule has 1 aromatic heterocycles. The number of para-hydroxylation sites is 2. The molecular weight excluding hydrogens is 220 g/mol. The average Bonchev–Trinajstić information content (AvgIpc) is 2.84. The average molecular weight is 236 g/mol. The molecule has 0 saturated heterocycles. The lowest BCUT2D eigenvalue weighted by atomic mass is 10.1. The number of hydrogen-bond donors (Lipinski definition) is 0. The number of benzene rings is 2. The summed E-state index contributed by atoms with van der Waals surface area (Å²) < 4.78 is 2.25. The Labute approximate surface area is 107 Å². The molecule has 0 aliphatic heterocycles. The Morgan fingerprint density at radius 2 is 1.72 bits per heavy atom. The molecule has 0 aliphatic carbocycles. The largest absolute Gasteiger partial charge is 0.327 e. The van der Waals surface area contributed by atoms with Crippen molar-refractivity contribution < 1.29 is 0 Å². The van der Waals surface area contributed by atoms with Crippen LogP contribution in [0.5, 0.6) is 0 Å². The van der Waals surface area contributed by atoms with Gasteiger partial charge in [-0.25, -0.2) is 4.98 Å². The van der Waals surface area contributed by atoms with E-state index in [-0.39, 0.29) is 0 Å². The van der Waals surface area contributed by atoms with Crippen LogP contribution < -0.4 is 0 Å². The molecule has 90 valence electrons. The molecule has 2 nitrogen and oxygen atoms in total. The molecule has 0 saturated carbocycles. The van der Waals surface area contributed by atoms with Crippen molar-refractivity contribution in [1.29, 1.82) is 0 Å². The Kier molecular flexibility index (Phi) is 2.85. The van der Waals surface area contributed by atoms with Gasteiger partial charge < -0.3 is 4.57 Å². The highest BCUT2D eigenvalue weighted by Crippen LogP contribution is 2.20. The Hall–Kier alpha value is -2.09. The second-order valence-electron chi connectivity index (χ2n) is 4.68. The highest BCUT2D eigenvalue weighted by atomic mass is 15.1. The smallest absolute Gasteiger partial charge is 0.0960 e. The SMILES string of the molecule is CC(Cc1ccccc1)n1cnc2ccccc21. The van der Waals surface area contributed by atoms with Gasteiger partial charge in [0.2, 0.25) is 0 Å². The Bertz CT molecular complexity index is 640. The van der Waals surface area contributed by atoms with Crippen molar-refractivity contribution in [2.24, 2.45) is 0 Å². The molecule has 1 heterocycles. The van der Waals surface area contributed by atoms with Crippen LogP contribution in [0.4, 0.5) is 0 Å². The third-order valence-corrected chi connectivity index (χ3v) is 3.33. The number of hydrogen-bond acceptors (Lipinski definition) is 1. The van der Waals surface area contributed by atoms with E-state index < -0.39 is 0 Å². The van der Waals surface area contributed by atoms with Crippen LogP contribution in [-0.2, 0) is 6.42 Å². The first-order chi connectivity index (χ1) is 8.84. The first-order valence-electron chi connectivity index (χ1n) is 6.30. The van der Waals surface area contributed by atoms with Gasteiger partial charge in [-0.3, -0.25) is 0 Å². The van der Waals surface area contributed by atoms with Gasteiger partial charge in [0, 0.05) is 6.04 Å². The second kappa shape index (κ2) is 4.65. The number of imidazole rings is 1. The zero-order valence-electron chi connectivity index (χ0n) is 10.5. The molecule has 0 bridgehead atoms. The summed E-state index contributed by atoms with van der Waals surface area (Å²) in [5.74, 6) is 0. The summed E-state index contributed by atoms with van der Waals surface area (Å²) in [6, 6.07) is 19.3. The fourth-order valence-corrected chi connectivity index (χ4v) is 2.38. The molecule has 2 heteroatoms. The van der Waals surface area contributed by atoms with Crippen molar-refractivity contribution in [3.63, 3.8) is 0 Å². The van der Waals surface area contributed by atoms with E-state index in [2.05, 4.69) is 65.0 Å². The monoisotopic (exact) mass is 236 g/mol. The third-order valence-electron chi connectivity index (χ3n) is 3.33. The molecule has 0 radical (unpaired) electrons. The van der Waals surface area contributed by atoms with Crippen LogP contribution in [0.2, 0.25) is 0 Å². The second-order valence-corrected chi connectivity index (χ2v) is 4.68. The van der Waals surface area contributed by atoms with Crippen molar-refractivity contribution >= 4 is 11.0 Å². The molecule has 18 heavy (non-hydrogen) atoms. The molecule has 0 amide bonds. The van der Waals surface area contributed by atoms with Crippen LogP contribution in [0.3, 0.4) is 0 Å². The van der Waals surface area contributed by atoms with Gasteiger partial charge in [0.25, 0.3) is 0 Å². The quantitative estimate of drug-likeness (QED) is 0.675. The minimum Gasteiger partial charge on any atom is -0.327 e. The molecule has 1 atom stereocenters. The minimum atomic E-state index is 0.416. The van der Waals surface area contributed by atoms with E-state index in [4.69, 9.17) is 0 Å². The predicted octanol–water partition coefficient (Wildman–Crippen LogP) is 3.84. The summed E-state index contributed by atoms with van der Waals surface area (Å²) >= 11 is 0. The third kappa shape index (κ3) is 2.02. The van der Waals surface area contributed by atoms with Crippen LogP contribution in [0.15, 0.2) is 60.9 Å². The van der Waals surface area contributed by atoms with Crippen LogP contribution in [0, 0.1) is 0 Å². The fourth-order valence-electron chi connectivity index (χ4n) is 2.38. The van der Waals surface area contributed by atoms with E-state index in [1.807, 2.05) is 12.4 Å². The van der Waals surface area contributed by atoms with Gasteiger partial charge in [-0.15, -0.1) is 0 Å². The molecule has 2 aromatic carbocycles. The van der Waals surface area contributed by atoms with Crippen LogP contribution >= 0.6 is 0 Å². The first-order valence-corrected chi connectivity index (χ1v) is 6.30. The van der Waals surface area contributed by atoms with Crippen molar-refractivity contribution in [3.05, 3.63) is 66.5 Å². The number of nitrogens with zero attached hydrogens (tertiary/aromatic N) is 2. The van der Waals surface area contributed by atoms with Gasteiger partial charge in [0.1, 0.15) is 0 Å². The number of aromatic nitrogens is 2. The van der Waals surface area contributed by atoms with Crippen molar-refractivity contribution in [2.75, 3.05) is 0 Å². The van der Waals surface area contributed by atoms with Crippen LogP contribution in [0.25, 0.3) is 11.0 Å². The van der Waals surface area contributed by atoms with Crippen LogP contribution in [0.1, 0.15) is 18.5 Å². The van der Waals surface area contributed by atoms with Gasteiger partial charge in [-0.2, -0.15) is 0 Å². The summed E-state index contributed by atoms with van der Waals surface area (Å²) in [5, 5.41) is 0. The van der Waals surface area contributed by atoms with Gasteiger partial charge >= 0.3 is 0 Å². The lowest BCUT2D eigenvalue weighted by molar-refractivity contribution is 0.559.